The summed E-state index contributed by atoms with van der Waals surface area (Å²) < 4.78 is 5.83. The molecule has 2 amide bonds. The number of nitriles is 1. The van der Waals surface area contributed by atoms with E-state index in [0.717, 1.165) is 10.2 Å². The van der Waals surface area contributed by atoms with Crippen molar-refractivity contribution >= 4 is 38.4 Å². The maximum Gasteiger partial charge on any atom is 0.325 e. The van der Waals surface area contributed by atoms with E-state index in [1.54, 1.807) is 30.3 Å². The number of anilines is 2. The lowest BCUT2D eigenvalue weighted by Gasteiger charge is -2.06. The van der Waals surface area contributed by atoms with Crippen LogP contribution in [-0.2, 0) is 0 Å². The molecule has 3 rings (SSSR count). The molecular formula is C15H11N5O2S. The fraction of sp³-hybridized carbons (Fsp3) is 0.0667. The second kappa shape index (κ2) is 6.29. The number of rotatable bonds is 3. The Labute approximate surface area is 135 Å². The lowest BCUT2D eigenvalue weighted by molar-refractivity contribution is 0.262. The molecule has 0 spiro atoms. The third kappa shape index (κ3) is 3.36. The number of aromatic nitrogens is 2. The zero-order chi connectivity index (χ0) is 16.2. The van der Waals surface area contributed by atoms with Crippen LogP contribution in [0.5, 0.6) is 5.88 Å². The average Bonchev–Trinajstić information content (AvgIpc) is 2.95. The molecule has 0 saturated carbocycles. The van der Waals surface area contributed by atoms with Crippen molar-refractivity contribution in [3.05, 3.63) is 42.1 Å². The number of hydrogen-bond donors (Lipinski definition) is 2. The van der Waals surface area contributed by atoms with Gasteiger partial charge in [0, 0.05) is 18.0 Å². The van der Waals surface area contributed by atoms with Crippen LogP contribution in [0.3, 0.4) is 0 Å². The van der Waals surface area contributed by atoms with Crippen molar-refractivity contribution in [2.75, 3.05) is 17.7 Å². The van der Waals surface area contributed by atoms with Gasteiger partial charge < -0.3 is 10.1 Å². The summed E-state index contributed by atoms with van der Waals surface area (Å²) in [5, 5.41) is 14.7. The van der Waals surface area contributed by atoms with Crippen molar-refractivity contribution in [1.82, 2.24) is 9.97 Å². The molecule has 3 aromatic rings. The van der Waals surface area contributed by atoms with Gasteiger partial charge in [-0.05, 0) is 24.3 Å². The van der Waals surface area contributed by atoms with Crippen LogP contribution in [0.1, 0.15) is 5.56 Å². The summed E-state index contributed by atoms with van der Waals surface area (Å²) in [6.07, 6.45) is 1.54. The predicted octanol–water partition coefficient (Wildman–Crippen LogP) is 3.22. The van der Waals surface area contributed by atoms with Crippen LogP contribution in [0.4, 0.5) is 15.6 Å². The van der Waals surface area contributed by atoms with Crippen molar-refractivity contribution in [2.45, 2.75) is 0 Å². The maximum absolute atomic E-state index is 12.0. The van der Waals surface area contributed by atoms with E-state index >= 15 is 0 Å². The highest BCUT2D eigenvalue weighted by molar-refractivity contribution is 7.22. The maximum atomic E-state index is 12.0. The number of pyridine rings is 1. The number of thiazole rings is 1. The lowest BCUT2D eigenvalue weighted by atomic mass is 10.2. The smallest absolute Gasteiger partial charge is 0.325 e. The van der Waals surface area contributed by atoms with Crippen molar-refractivity contribution < 1.29 is 9.53 Å². The molecule has 0 bridgehead atoms. The molecule has 0 aliphatic rings. The zero-order valence-corrected chi connectivity index (χ0v) is 12.8. The van der Waals surface area contributed by atoms with Gasteiger partial charge in [-0.1, -0.05) is 11.3 Å². The molecule has 2 aromatic heterocycles. The van der Waals surface area contributed by atoms with Crippen LogP contribution in [0.25, 0.3) is 10.2 Å². The summed E-state index contributed by atoms with van der Waals surface area (Å²) in [6, 6.07) is 10.1. The number of hydrogen-bond acceptors (Lipinski definition) is 6. The summed E-state index contributed by atoms with van der Waals surface area (Å²) in [4.78, 5) is 20.3. The first-order valence-electron chi connectivity index (χ1n) is 6.56. The zero-order valence-electron chi connectivity index (χ0n) is 12.0. The molecule has 0 atom stereocenters. The summed E-state index contributed by atoms with van der Waals surface area (Å²) in [7, 11) is 1.50. The molecule has 0 saturated heterocycles. The van der Waals surface area contributed by atoms with Gasteiger partial charge in [0.15, 0.2) is 5.13 Å². The number of benzene rings is 1. The van der Waals surface area contributed by atoms with Gasteiger partial charge in [-0.25, -0.2) is 14.8 Å². The minimum Gasteiger partial charge on any atom is -0.481 e. The molecule has 0 radical (unpaired) electrons. The van der Waals surface area contributed by atoms with Crippen molar-refractivity contribution in [3.63, 3.8) is 0 Å². The molecule has 0 aliphatic carbocycles. The highest BCUT2D eigenvalue weighted by Gasteiger charge is 2.09. The Kier molecular flexibility index (Phi) is 4.03. The molecular weight excluding hydrogens is 314 g/mol. The van der Waals surface area contributed by atoms with Crippen molar-refractivity contribution in [2.24, 2.45) is 0 Å². The highest BCUT2D eigenvalue weighted by Crippen LogP contribution is 2.26. The molecule has 0 fully saturated rings. The molecule has 8 heteroatoms. The fourth-order valence-corrected chi connectivity index (χ4v) is 2.81. The first-order valence-corrected chi connectivity index (χ1v) is 7.38. The second-order valence-corrected chi connectivity index (χ2v) is 5.51. The van der Waals surface area contributed by atoms with Gasteiger partial charge in [-0.15, -0.1) is 0 Å². The summed E-state index contributed by atoms with van der Waals surface area (Å²) in [6.45, 7) is 0. The van der Waals surface area contributed by atoms with Crippen LogP contribution < -0.4 is 15.4 Å². The quantitative estimate of drug-likeness (QED) is 0.770. The number of methoxy groups -OCH3 is 1. The Morgan fingerprint density at radius 3 is 2.96 bits per heavy atom. The van der Waals surface area contributed by atoms with E-state index in [1.807, 2.05) is 0 Å². The van der Waals surface area contributed by atoms with Crippen LogP contribution in [0.2, 0.25) is 0 Å². The minimum atomic E-state index is -0.419. The van der Waals surface area contributed by atoms with Gasteiger partial charge >= 0.3 is 6.03 Å². The number of amides is 2. The average molecular weight is 325 g/mol. The van der Waals surface area contributed by atoms with Crippen LogP contribution in [-0.4, -0.2) is 23.1 Å². The van der Waals surface area contributed by atoms with Crippen LogP contribution in [0.15, 0.2) is 36.5 Å². The van der Waals surface area contributed by atoms with Gasteiger partial charge in [0.1, 0.15) is 0 Å². The van der Waals surface area contributed by atoms with E-state index in [-0.39, 0.29) is 0 Å². The molecule has 2 heterocycles. The third-order valence-corrected chi connectivity index (χ3v) is 3.87. The van der Waals surface area contributed by atoms with E-state index in [9.17, 15) is 4.79 Å². The summed E-state index contributed by atoms with van der Waals surface area (Å²) in [5.41, 5.74) is 1.85. The number of carbonyl (C=O) groups is 1. The van der Waals surface area contributed by atoms with Gasteiger partial charge in [-0.2, -0.15) is 5.26 Å². The van der Waals surface area contributed by atoms with Gasteiger partial charge in [0.2, 0.25) is 5.88 Å². The van der Waals surface area contributed by atoms with Gasteiger partial charge in [0.05, 0.1) is 29.0 Å². The lowest BCUT2D eigenvalue weighted by Crippen LogP contribution is -2.19. The normalized spacial score (nSPS) is 10.1. The molecule has 0 aliphatic heterocycles. The minimum absolute atomic E-state index is 0.409. The number of fused-ring (bicyclic) bond motifs is 1. The Morgan fingerprint density at radius 2 is 2.17 bits per heavy atom. The molecule has 23 heavy (non-hydrogen) atoms. The first-order chi connectivity index (χ1) is 11.2. The molecule has 1 aromatic carbocycles. The fourth-order valence-electron chi connectivity index (χ4n) is 1.91. The van der Waals surface area contributed by atoms with Crippen molar-refractivity contribution in [3.8, 4) is 11.9 Å². The summed E-state index contributed by atoms with van der Waals surface area (Å²) >= 11 is 1.30. The monoisotopic (exact) mass is 325 g/mol. The van der Waals surface area contributed by atoms with E-state index < -0.39 is 6.03 Å². The Morgan fingerprint density at radius 1 is 1.30 bits per heavy atom. The standard InChI is InChI=1S/C15H11N5O2S/c1-22-13-7-10(4-5-17-13)18-14(21)20-15-19-11-3-2-9(8-16)6-12(11)23-15/h2-7H,1H3,(H2,17,18,19,20,21). The van der Waals surface area contributed by atoms with Crippen molar-refractivity contribution in [1.29, 1.82) is 5.26 Å². The molecule has 7 nitrogen and oxygen atoms in total. The Hall–Kier alpha value is -3.18. The summed E-state index contributed by atoms with van der Waals surface area (Å²) in [5.74, 6) is 0.409. The topological polar surface area (TPSA) is 99.9 Å². The number of carbonyl (C=O) groups excluding carboxylic acids is 1. The number of nitrogens with zero attached hydrogens (tertiary/aromatic N) is 3. The molecule has 2 N–H and O–H groups in total. The first kappa shape index (κ1) is 14.7. The van der Waals surface area contributed by atoms with E-state index in [1.165, 1.54) is 24.6 Å². The molecule has 114 valence electrons. The molecule has 0 unspecified atom stereocenters. The predicted molar refractivity (Wildman–Crippen MR) is 87.8 cm³/mol. The SMILES string of the molecule is COc1cc(NC(=O)Nc2nc3ccc(C#N)cc3s2)ccn1. The third-order valence-electron chi connectivity index (χ3n) is 2.94. The Balaban J connectivity index is 1.73. The number of urea groups is 1. The second-order valence-electron chi connectivity index (χ2n) is 4.48. The number of nitrogens with one attached hydrogen (secondary N) is 2. The van der Waals surface area contributed by atoms with E-state index in [0.29, 0.717) is 22.3 Å². The van der Waals surface area contributed by atoms with E-state index in [4.69, 9.17) is 10.00 Å². The van der Waals surface area contributed by atoms with E-state index in [2.05, 4.69) is 26.7 Å². The highest BCUT2D eigenvalue weighted by atomic mass is 32.1. The van der Waals surface area contributed by atoms with Crippen LogP contribution >= 0.6 is 11.3 Å². The van der Waals surface area contributed by atoms with Crippen LogP contribution in [0, 0.1) is 11.3 Å². The van der Waals surface area contributed by atoms with Gasteiger partial charge in [-0.3, -0.25) is 5.32 Å². The van der Waals surface area contributed by atoms with Gasteiger partial charge in [0.25, 0.3) is 0 Å². The largest absolute Gasteiger partial charge is 0.481 e. The Bertz CT molecular complexity index is 916. The number of ether oxygens (including phenoxy) is 1.